The Labute approximate surface area is 204 Å². The molecule has 0 heterocycles. The van der Waals surface area contributed by atoms with Crippen molar-refractivity contribution in [3.05, 3.63) is 59.7 Å². The number of nitrogens with one attached hydrogen (secondary N) is 2. The fraction of sp³-hybridized carbons (Fsp3) is 0.455. The minimum Gasteiger partial charge on any atom is -0.480 e. The van der Waals surface area contributed by atoms with E-state index in [-0.39, 0.29) is 17.1 Å². The molecule has 0 saturated carbocycles. The van der Waals surface area contributed by atoms with Crippen LogP contribution in [0.2, 0.25) is 0 Å². The minimum atomic E-state index is -0.768. The molecule has 9 heteroatoms. The first kappa shape index (κ1) is 29.8. The maximum Gasteiger partial charge on any atom is 2.00 e. The number of hydrogen-bond acceptors (Lipinski definition) is 6. The molecule has 6 nitrogen and oxygen atoms in total. The van der Waals surface area contributed by atoms with Crippen molar-refractivity contribution in [2.45, 2.75) is 38.0 Å². The third-order valence-electron chi connectivity index (χ3n) is 4.39. The topological polar surface area (TPSA) is 98.7 Å². The van der Waals surface area contributed by atoms with Gasteiger partial charge in [0.25, 0.3) is 0 Å². The zero-order valence-electron chi connectivity index (χ0n) is 17.9. The SMILES string of the molecule is CSCC[C@H](NC[c-]1cccc1)C(=O)O.CSCC[C@H](NC[c-]1cccc1)C(=O)O.[Fe+2]. The molecule has 2 aromatic carbocycles. The Kier molecular flexibility index (Phi) is 17.6. The molecule has 0 bridgehead atoms. The molecule has 0 aliphatic heterocycles. The third kappa shape index (κ3) is 13.7. The van der Waals surface area contributed by atoms with Gasteiger partial charge in [-0.1, -0.05) is 0 Å². The Morgan fingerprint density at radius 2 is 1.10 bits per heavy atom. The first-order chi connectivity index (χ1) is 14.5. The van der Waals surface area contributed by atoms with Gasteiger partial charge in [-0.3, -0.25) is 9.59 Å². The van der Waals surface area contributed by atoms with Crippen molar-refractivity contribution in [3.8, 4) is 0 Å². The van der Waals surface area contributed by atoms with Crippen LogP contribution in [0, 0.1) is 0 Å². The van der Waals surface area contributed by atoms with Crippen LogP contribution in [0.3, 0.4) is 0 Å². The Hall–Kier alpha value is -1.22. The Morgan fingerprint density at radius 1 is 0.774 bits per heavy atom. The van der Waals surface area contributed by atoms with Gasteiger partial charge in [-0.25, -0.2) is 24.3 Å². The molecule has 31 heavy (non-hydrogen) atoms. The van der Waals surface area contributed by atoms with Gasteiger partial charge in [0.1, 0.15) is 12.1 Å². The van der Waals surface area contributed by atoms with Crippen molar-refractivity contribution in [3.63, 3.8) is 0 Å². The monoisotopic (exact) mass is 508 g/mol. The molecule has 0 aromatic heterocycles. The zero-order valence-corrected chi connectivity index (χ0v) is 20.6. The molecule has 0 unspecified atom stereocenters. The van der Waals surface area contributed by atoms with Gasteiger partial charge in [0.2, 0.25) is 0 Å². The molecule has 0 fully saturated rings. The summed E-state index contributed by atoms with van der Waals surface area (Å²) in [5.74, 6) is 0.196. The molecule has 174 valence electrons. The summed E-state index contributed by atoms with van der Waals surface area (Å²) >= 11 is 3.33. The van der Waals surface area contributed by atoms with Crippen LogP contribution >= 0.6 is 23.5 Å². The van der Waals surface area contributed by atoms with E-state index in [2.05, 4.69) is 10.6 Å². The summed E-state index contributed by atoms with van der Waals surface area (Å²) in [5.41, 5.74) is 2.26. The van der Waals surface area contributed by atoms with E-state index in [0.29, 0.717) is 25.9 Å². The van der Waals surface area contributed by atoms with Crippen molar-refractivity contribution in [1.82, 2.24) is 10.6 Å². The zero-order chi connectivity index (χ0) is 22.2. The van der Waals surface area contributed by atoms with Gasteiger partial charge in [0, 0.05) is 0 Å². The fourth-order valence-corrected chi connectivity index (χ4v) is 3.59. The van der Waals surface area contributed by atoms with Crippen molar-refractivity contribution >= 4 is 35.5 Å². The van der Waals surface area contributed by atoms with Crippen molar-refractivity contribution in [1.29, 1.82) is 0 Å². The Bertz CT molecular complexity index is 636. The van der Waals surface area contributed by atoms with E-state index in [9.17, 15) is 9.59 Å². The Morgan fingerprint density at radius 3 is 1.35 bits per heavy atom. The van der Waals surface area contributed by atoms with Crippen LogP contribution in [0.1, 0.15) is 24.0 Å². The number of carboxylic acids is 2. The van der Waals surface area contributed by atoms with Crippen LogP contribution in [0.5, 0.6) is 0 Å². The first-order valence-electron chi connectivity index (χ1n) is 9.79. The largest absolute Gasteiger partial charge is 2.00 e. The van der Waals surface area contributed by atoms with Crippen LogP contribution in [-0.2, 0) is 39.7 Å². The van der Waals surface area contributed by atoms with E-state index in [0.717, 1.165) is 22.6 Å². The normalized spacial score (nSPS) is 12.2. The van der Waals surface area contributed by atoms with Crippen molar-refractivity contribution < 1.29 is 36.9 Å². The maximum atomic E-state index is 10.9. The standard InChI is InChI=1S/2C11H16NO2S.Fe/c2*1-15-7-6-10(11(13)14)12-8-9-4-2-3-5-9;/h2*2-5,10,12H,6-8H2,1H3,(H,13,14);/q2*-1;+2/t2*10-;/m00./s1. The molecule has 0 aliphatic carbocycles. The molecule has 0 spiro atoms. The van der Waals surface area contributed by atoms with Crippen LogP contribution in [0.4, 0.5) is 0 Å². The smallest absolute Gasteiger partial charge is 0.480 e. The van der Waals surface area contributed by atoms with Gasteiger partial charge in [0.15, 0.2) is 0 Å². The molecule has 0 aliphatic rings. The second kappa shape index (κ2) is 18.4. The number of aliphatic carboxylic acids is 2. The van der Waals surface area contributed by atoms with E-state index in [1.165, 1.54) is 0 Å². The molecule has 4 N–H and O–H groups in total. The minimum absolute atomic E-state index is 0. The molecule has 2 aromatic rings. The fourth-order valence-electron chi connectivity index (χ4n) is 2.64. The molecule has 0 saturated heterocycles. The summed E-state index contributed by atoms with van der Waals surface area (Å²) in [6.45, 7) is 1.25. The predicted octanol–water partition coefficient (Wildman–Crippen LogP) is 3.40. The van der Waals surface area contributed by atoms with Crippen LogP contribution < -0.4 is 10.6 Å². The van der Waals surface area contributed by atoms with Crippen molar-refractivity contribution in [2.24, 2.45) is 0 Å². The van der Waals surface area contributed by atoms with Gasteiger partial charge in [-0.2, -0.15) is 47.8 Å². The summed E-state index contributed by atoms with van der Waals surface area (Å²) < 4.78 is 0. The average Bonchev–Trinajstić information content (AvgIpc) is 3.42. The van der Waals surface area contributed by atoms with Gasteiger partial charge in [-0.05, 0) is 49.9 Å². The Balaban J connectivity index is 0.000000562. The van der Waals surface area contributed by atoms with E-state index in [1.807, 2.05) is 61.0 Å². The van der Waals surface area contributed by atoms with Crippen LogP contribution in [-0.4, -0.2) is 58.3 Å². The summed E-state index contributed by atoms with van der Waals surface area (Å²) in [7, 11) is 0. The summed E-state index contributed by atoms with van der Waals surface area (Å²) in [4.78, 5) is 21.8. The second-order valence-corrected chi connectivity index (χ2v) is 8.66. The van der Waals surface area contributed by atoms with Gasteiger partial charge in [-0.15, -0.1) is 11.1 Å². The predicted molar refractivity (Wildman–Crippen MR) is 127 cm³/mol. The number of rotatable bonds is 14. The second-order valence-electron chi connectivity index (χ2n) is 6.69. The molecule has 0 amide bonds. The molecular weight excluding hydrogens is 476 g/mol. The average molecular weight is 508 g/mol. The number of carboxylic acid groups (broad SMARTS) is 2. The first-order valence-corrected chi connectivity index (χ1v) is 12.6. The third-order valence-corrected chi connectivity index (χ3v) is 5.67. The molecular formula is C22H32FeN2O4S2. The van der Waals surface area contributed by atoms with Gasteiger partial charge < -0.3 is 20.8 Å². The quantitative estimate of drug-likeness (QED) is 0.228. The van der Waals surface area contributed by atoms with Crippen LogP contribution in [0.25, 0.3) is 0 Å². The molecule has 0 radical (unpaired) electrons. The summed E-state index contributed by atoms with van der Waals surface area (Å²) in [6.07, 6.45) is 5.29. The van der Waals surface area contributed by atoms with Gasteiger partial charge >= 0.3 is 29.0 Å². The van der Waals surface area contributed by atoms with E-state index in [4.69, 9.17) is 10.2 Å². The van der Waals surface area contributed by atoms with E-state index < -0.39 is 24.0 Å². The van der Waals surface area contributed by atoms with E-state index in [1.54, 1.807) is 23.5 Å². The van der Waals surface area contributed by atoms with E-state index >= 15 is 0 Å². The maximum absolute atomic E-state index is 10.9. The number of carbonyl (C=O) groups is 2. The summed E-state index contributed by atoms with van der Waals surface area (Å²) in [5, 5.41) is 24.0. The van der Waals surface area contributed by atoms with Crippen molar-refractivity contribution in [2.75, 3.05) is 24.0 Å². The molecule has 2 atom stereocenters. The summed E-state index contributed by atoms with van der Waals surface area (Å²) in [6, 6.07) is 14.9. The van der Waals surface area contributed by atoms with Crippen LogP contribution in [0.15, 0.2) is 48.5 Å². The number of hydrogen-bond donors (Lipinski definition) is 4. The van der Waals surface area contributed by atoms with Gasteiger partial charge in [0.05, 0.1) is 0 Å². The number of thioether (sulfide) groups is 2. The molecule has 2 rings (SSSR count).